The van der Waals surface area contributed by atoms with Crippen LogP contribution in [-0.2, 0) is 9.53 Å². The second-order valence-electron chi connectivity index (χ2n) is 5.60. The quantitative estimate of drug-likeness (QED) is 0.683. The van der Waals surface area contributed by atoms with Gasteiger partial charge in [-0.1, -0.05) is 0 Å². The lowest BCUT2D eigenvalue weighted by atomic mass is 9.99. The average molecular weight is 272 g/mol. The van der Waals surface area contributed by atoms with Gasteiger partial charge in [0.05, 0.1) is 6.10 Å². The molecule has 0 aliphatic carbocycles. The Balaban J connectivity index is 2.23. The molecule has 0 bridgehead atoms. The molecule has 1 unspecified atom stereocenters. The Bertz CT molecular complexity index is 312. The van der Waals surface area contributed by atoms with E-state index in [0.717, 1.165) is 25.9 Å². The molecule has 1 saturated heterocycles. The number of nitrogens with one attached hydrogen (secondary N) is 2. The molecule has 2 amide bonds. The van der Waals surface area contributed by atoms with Crippen LogP contribution in [0, 0.1) is 0 Å². The van der Waals surface area contributed by atoms with Crippen LogP contribution in [0.15, 0.2) is 0 Å². The molecule has 6 nitrogen and oxygen atoms in total. The zero-order valence-corrected chi connectivity index (χ0v) is 11.7. The minimum atomic E-state index is -0.856. The summed E-state index contributed by atoms with van der Waals surface area (Å²) in [6.07, 6.45) is 3.74. The van der Waals surface area contributed by atoms with Gasteiger partial charge in [0.1, 0.15) is 0 Å². The zero-order chi connectivity index (χ0) is 14.3. The number of carbonyl (C=O) groups excluding carboxylic acids is 1. The van der Waals surface area contributed by atoms with E-state index < -0.39 is 11.5 Å². The Kier molecular flexibility index (Phi) is 6.08. The molecule has 1 heterocycles. The predicted octanol–water partition coefficient (Wildman–Crippen LogP) is 1.50. The summed E-state index contributed by atoms with van der Waals surface area (Å²) >= 11 is 0. The van der Waals surface area contributed by atoms with E-state index in [-0.39, 0.29) is 18.6 Å². The molecule has 19 heavy (non-hydrogen) atoms. The van der Waals surface area contributed by atoms with Crippen molar-refractivity contribution in [2.45, 2.75) is 57.6 Å². The van der Waals surface area contributed by atoms with Gasteiger partial charge in [-0.3, -0.25) is 4.79 Å². The number of hydrogen-bond acceptors (Lipinski definition) is 3. The summed E-state index contributed by atoms with van der Waals surface area (Å²) in [6.45, 7) is 4.89. The maximum Gasteiger partial charge on any atom is 0.315 e. The van der Waals surface area contributed by atoms with Gasteiger partial charge in [-0.2, -0.15) is 0 Å². The Labute approximate surface area is 113 Å². The van der Waals surface area contributed by atoms with Crippen LogP contribution >= 0.6 is 0 Å². The van der Waals surface area contributed by atoms with Crippen LogP contribution in [0.3, 0.4) is 0 Å². The molecule has 0 radical (unpaired) electrons. The highest BCUT2D eigenvalue weighted by molar-refractivity contribution is 5.75. The fourth-order valence-corrected chi connectivity index (χ4v) is 2.01. The average Bonchev–Trinajstić information content (AvgIpc) is 2.35. The minimum absolute atomic E-state index is 0.0407. The summed E-state index contributed by atoms with van der Waals surface area (Å²) in [5.41, 5.74) is -0.532. The van der Waals surface area contributed by atoms with E-state index in [0.29, 0.717) is 13.0 Å². The van der Waals surface area contributed by atoms with Gasteiger partial charge in [-0.05, 0) is 39.5 Å². The number of hydrogen-bond donors (Lipinski definition) is 3. The summed E-state index contributed by atoms with van der Waals surface area (Å²) in [5, 5.41) is 14.2. The number of carbonyl (C=O) groups is 2. The van der Waals surface area contributed by atoms with Gasteiger partial charge >= 0.3 is 12.0 Å². The van der Waals surface area contributed by atoms with E-state index in [1.165, 1.54) is 0 Å². The highest BCUT2D eigenvalue weighted by atomic mass is 16.5. The summed E-state index contributed by atoms with van der Waals surface area (Å²) in [6, 6.07) is -0.274. The van der Waals surface area contributed by atoms with E-state index in [4.69, 9.17) is 9.84 Å². The summed E-state index contributed by atoms with van der Waals surface area (Å²) in [4.78, 5) is 22.2. The highest BCUT2D eigenvalue weighted by Gasteiger charge is 2.22. The molecule has 0 saturated carbocycles. The third-order valence-corrected chi connectivity index (χ3v) is 3.18. The zero-order valence-electron chi connectivity index (χ0n) is 11.7. The molecule has 0 aromatic carbocycles. The van der Waals surface area contributed by atoms with Gasteiger partial charge in [0.15, 0.2) is 0 Å². The molecule has 110 valence electrons. The number of aliphatic carboxylic acids is 1. The third kappa shape index (κ3) is 7.00. The second kappa shape index (κ2) is 7.33. The lowest BCUT2D eigenvalue weighted by molar-refractivity contribution is -0.137. The van der Waals surface area contributed by atoms with Crippen molar-refractivity contribution in [1.82, 2.24) is 10.6 Å². The Morgan fingerprint density at radius 1 is 1.37 bits per heavy atom. The molecular formula is C13H24N2O4. The summed E-state index contributed by atoms with van der Waals surface area (Å²) in [7, 11) is 0. The van der Waals surface area contributed by atoms with Crippen molar-refractivity contribution in [3.8, 4) is 0 Å². The molecule has 0 aromatic rings. The Hall–Kier alpha value is -1.30. The molecule has 0 aromatic heterocycles. The molecular weight excluding hydrogens is 248 g/mol. The van der Waals surface area contributed by atoms with Crippen molar-refractivity contribution in [2.24, 2.45) is 0 Å². The van der Waals surface area contributed by atoms with Crippen LogP contribution in [0.1, 0.15) is 46.0 Å². The van der Waals surface area contributed by atoms with Gasteiger partial charge < -0.3 is 20.5 Å². The molecule has 1 fully saturated rings. The molecule has 6 heteroatoms. The van der Waals surface area contributed by atoms with E-state index in [9.17, 15) is 9.59 Å². The molecule has 3 N–H and O–H groups in total. The number of urea groups is 1. The lowest BCUT2D eigenvalue weighted by Crippen LogP contribution is -2.50. The number of ether oxygens (including phenoxy) is 1. The number of rotatable bonds is 6. The summed E-state index contributed by atoms with van der Waals surface area (Å²) < 4.78 is 5.52. The number of amides is 2. The van der Waals surface area contributed by atoms with Gasteiger partial charge in [0, 0.05) is 25.1 Å². The number of carboxylic acids is 1. The minimum Gasteiger partial charge on any atom is -0.481 e. The van der Waals surface area contributed by atoms with Crippen molar-refractivity contribution in [3.63, 3.8) is 0 Å². The topological polar surface area (TPSA) is 87.7 Å². The van der Waals surface area contributed by atoms with E-state index >= 15 is 0 Å². The van der Waals surface area contributed by atoms with Crippen LogP contribution in [-0.4, -0.2) is 41.9 Å². The molecule has 1 atom stereocenters. The van der Waals surface area contributed by atoms with E-state index in [2.05, 4.69) is 10.6 Å². The fourth-order valence-electron chi connectivity index (χ4n) is 2.01. The van der Waals surface area contributed by atoms with Crippen LogP contribution < -0.4 is 10.6 Å². The standard InChI is InChI=1S/C13H24N2O4/c1-13(2,7-6-11(16)17)15-12(18)14-9-10-5-3-4-8-19-10/h10H,3-9H2,1-2H3,(H,16,17)(H2,14,15,18). The maximum atomic E-state index is 11.7. The Morgan fingerprint density at radius 2 is 2.11 bits per heavy atom. The van der Waals surface area contributed by atoms with Crippen LogP contribution in [0.4, 0.5) is 4.79 Å². The molecule has 0 spiro atoms. The van der Waals surface area contributed by atoms with Gasteiger partial charge in [0.25, 0.3) is 0 Å². The largest absolute Gasteiger partial charge is 0.481 e. The van der Waals surface area contributed by atoms with Crippen molar-refractivity contribution in [1.29, 1.82) is 0 Å². The van der Waals surface area contributed by atoms with Crippen molar-refractivity contribution in [2.75, 3.05) is 13.2 Å². The monoisotopic (exact) mass is 272 g/mol. The summed E-state index contributed by atoms with van der Waals surface area (Å²) in [5.74, 6) is -0.856. The highest BCUT2D eigenvalue weighted by Crippen LogP contribution is 2.12. The lowest BCUT2D eigenvalue weighted by Gasteiger charge is -2.27. The maximum absolute atomic E-state index is 11.7. The van der Waals surface area contributed by atoms with Crippen molar-refractivity contribution >= 4 is 12.0 Å². The predicted molar refractivity (Wildman–Crippen MR) is 71.1 cm³/mol. The molecule has 1 aliphatic heterocycles. The first-order valence-electron chi connectivity index (χ1n) is 6.78. The fraction of sp³-hybridized carbons (Fsp3) is 0.846. The Morgan fingerprint density at radius 3 is 2.68 bits per heavy atom. The third-order valence-electron chi connectivity index (χ3n) is 3.18. The van der Waals surface area contributed by atoms with Gasteiger partial charge in [-0.25, -0.2) is 4.79 Å². The molecule has 1 aliphatic rings. The first kappa shape index (κ1) is 15.8. The van der Waals surface area contributed by atoms with Crippen LogP contribution in [0.25, 0.3) is 0 Å². The van der Waals surface area contributed by atoms with Crippen molar-refractivity contribution < 1.29 is 19.4 Å². The van der Waals surface area contributed by atoms with Crippen LogP contribution in [0.2, 0.25) is 0 Å². The molecule has 1 rings (SSSR count). The van der Waals surface area contributed by atoms with Crippen LogP contribution in [0.5, 0.6) is 0 Å². The van der Waals surface area contributed by atoms with E-state index in [1.54, 1.807) is 0 Å². The smallest absolute Gasteiger partial charge is 0.315 e. The van der Waals surface area contributed by atoms with E-state index in [1.807, 2.05) is 13.8 Å². The van der Waals surface area contributed by atoms with Crippen molar-refractivity contribution in [3.05, 3.63) is 0 Å². The first-order valence-corrected chi connectivity index (χ1v) is 6.78. The van der Waals surface area contributed by atoms with Gasteiger partial charge in [0.2, 0.25) is 0 Å². The number of carboxylic acid groups (broad SMARTS) is 1. The SMILES string of the molecule is CC(C)(CCC(=O)O)NC(=O)NCC1CCCCO1. The second-order valence-corrected chi connectivity index (χ2v) is 5.60. The first-order chi connectivity index (χ1) is 8.89. The van der Waals surface area contributed by atoms with Gasteiger partial charge in [-0.15, -0.1) is 0 Å². The normalized spacial score (nSPS) is 19.8.